The van der Waals surface area contributed by atoms with Crippen LogP contribution in [-0.2, 0) is 4.79 Å². The lowest BCUT2D eigenvalue weighted by atomic mass is 9.74. The summed E-state index contributed by atoms with van der Waals surface area (Å²) in [7, 11) is 0. The molecule has 0 radical (unpaired) electrons. The Morgan fingerprint density at radius 1 is 1.12 bits per heavy atom. The van der Waals surface area contributed by atoms with E-state index in [-0.39, 0.29) is 5.41 Å². The summed E-state index contributed by atoms with van der Waals surface area (Å²) in [6, 6.07) is 0. The molecule has 1 aliphatic rings. The van der Waals surface area contributed by atoms with Crippen molar-refractivity contribution in [2.24, 2.45) is 11.3 Å². The first-order chi connectivity index (χ1) is 7.55. The lowest BCUT2D eigenvalue weighted by Gasteiger charge is -2.28. The number of rotatable bonds is 0. The quantitative estimate of drug-likeness (QED) is 0.556. The van der Waals surface area contributed by atoms with Gasteiger partial charge < -0.3 is 0 Å². The first-order valence-corrected chi connectivity index (χ1v) is 6.40. The number of hydrogen-bond acceptors (Lipinski definition) is 1. The first kappa shape index (κ1) is 13.2. The van der Waals surface area contributed by atoms with E-state index in [0.29, 0.717) is 11.7 Å². The van der Waals surface area contributed by atoms with Gasteiger partial charge in [-0.3, -0.25) is 4.79 Å². The van der Waals surface area contributed by atoms with Crippen LogP contribution < -0.4 is 0 Å². The molecule has 0 fully saturated rings. The second-order valence-electron chi connectivity index (χ2n) is 5.30. The van der Waals surface area contributed by atoms with Crippen LogP contribution in [0.3, 0.4) is 0 Å². The minimum atomic E-state index is -0.209. The standard InChI is InChI=1S/C15H24O/c1-13-11-9-7-5-4-6-8-10-12-14(16)15(13,2)3/h4,6,9,11,13H,5,7-8,10,12H2,1-3H3/b6-4+,11-9+. The number of allylic oxidation sites excluding steroid dienone is 4. The van der Waals surface area contributed by atoms with Gasteiger partial charge in [0, 0.05) is 11.8 Å². The van der Waals surface area contributed by atoms with Gasteiger partial charge in [-0.1, -0.05) is 45.1 Å². The minimum Gasteiger partial charge on any atom is -0.299 e. The molecule has 1 aliphatic carbocycles. The van der Waals surface area contributed by atoms with E-state index in [0.717, 1.165) is 32.1 Å². The third-order valence-corrected chi connectivity index (χ3v) is 3.72. The van der Waals surface area contributed by atoms with E-state index >= 15 is 0 Å². The van der Waals surface area contributed by atoms with Crippen molar-refractivity contribution in [1.82, 2.24) is 0 Å². The van der Waals surface area contributed by atoms with E-state index in [4.69, 9.17) is 0 Å². The molecule has 90 valence electrons. The predicted octanol–water partition coefficient (Wildman–Crippen LogP) is 4.29. The Bertz CT molecular complexity index is 284. The number of carbonyl (C=O) groups excluding carboxylic acids is 1. The van der Waals surface area contributed by atoms with Crippen molar-refractivity contribution < 1.29 is 4.79 Å². The lowest BCUT2D eigenvalue weighted by Crippen LogP contribution is -2.30. The van der Waals surface area contributed by atoms with Gasteiger partial charge in [-0.05, 0) is 31.6 Å². The average molecular weight is 220 g/mol. The highest BCUT2D eigenvalue weighted by atomic mass is 16.1. The molecule has 0 saturated heterocycles. The first-order valence-electron chi connectivity index (χ1n) is 6.40. The van der Waals surface area contributed by atoms with E-state index in [2.05, 4.69) is 45.1 Å². The zero-order chi connectivity index (χ0) is 12.0. The molecule has 0 aromatic rings. The predicted molar refractivity (Wildman–Crippen MR) is 69.3 cm³/mol. The number of ketones is 1. The molecule has 16 heavy (non-hydrogen) atoms. The molecular formula is C15H24O. The third-order valence-electron chi connectivity index (χ3n) is 3.72. The number of hydrogen-bond donors (Lipinski definition) is 0. The third kappa shape index (κ3) is 3.62. The largest absolute Gasteiger partial charge is 0.299 e. The summed E-state index contributed by atoms with van der Waals surface area (Å²) in [4.78, 5) is 12.1. The van der Waals surface area contributed by atoms with Crippen molar-refractivity contribution in [3.05, 3.63) is 24.3 Å². The smallest absolute Gasteiger partial charge is 0.139 e. The Hall–Kier alpha value is -0.850. The second kappa shape index (κ2) is 6.03. The highest BCUT2D eigenvalue weighted by molar-refractivity contribution is 5.84. The van der Waals surface area contributed by atoms with Crippen LogP contribution in [0.25, 0.3) is 0 Å². The average Bonchev–Trinajstić information content (AvgIpc) is 2.24. The molecule has 0 saturated carbocycles. The van der Waals surface area contributed by atoms with E-state index in [1.807, 2.05) is 0 Å². The van der Waals surface area contributed by atoms with Crippen LogP contribution in [0.5, 0.6) is 0 Å². The van der Waals surface area contributed by atoms with E-state index < -0.39 is 0 Å². The molecule has 1 nitrogen and oxygen atoms in total. The van der Waals surface area contributed by atoms with Gasteiger partial charge in [0.2, 0.25) is 0 Å². The fourth-order valence-electron chi connectivity index (χ4n) is 1.93. The van der Waals surface area contributed by atoms with Gasteiger partial charge in [-0.15, -0.1) is 0 Å². The van der Waals surface area contributed by atoms with Crippen molar-refractivity contribution in [2.75, 3.05) is 0 Å². The molecule has 1 heteroatoms. The van der Waals surface area contributed by atoms with Gasteiger partial charge in [-0.2, -0.15) is 0 Å². The Morgan fingerprint density at radius 3 is 2.50 bits per heavy atom. The van der Waals surface area contributed by atoms with Gasteiger partial charge in [0.1, 0.15) is 5.78 Å². The SMILES string of the molecule is CC1/C=C/CC/C=C/CCCC(=O)C1(C)C. The summed E-state index contributed by atoms with van der Waals surface area (Å²) in [6.07, 6.45) is 13.8. The molecule has 0 aromatic heterocycles. The van der Waals surface area contributed by atoms with Crippen molar-refractivity contribution >= 4 is 5.78 Å². The van der Waals surface area contributed by atoms with E-state index in [1.54, 1.807) is 0 Å². The highest BCUT2D eigenvalue weighted by Gasteiger charge is 2.31. The maximum absolute atomic E-state index is 12.1. The van der Waals surface area contributed by atoms with Crippen LogP contribution in [0.15, 0.2) is 24.3 Å². The molecule has 0 N–H and O–H groups in total. The summed E-state index contributed by atoms with van der Waals surface area (Å²) < 4.78 is 0. The fraction of sp³-hybridized carbons (Fsp3) is 0.667. The van der Waals surface area contributed by atoms with Gasteiger partial charge in [-0.25, -0.2) is 0 Å². The van der Waals surface area contributed by atoms with Crippen LogP contribution in [0.1, 0.15) is 52.9 Å². The highest BCUT2D eigenvalue weighted by Crippen LogP contribution is 2.31. The Morgan fingerprint density at radius 2 is 1.75 bits per heavy atom. The molecule has 0 aliphatic heterocycles. The summed E-state index contributed by atoms with van der Waals surface area (Å²) in [5.41, 5.74) is -0.209. The Labute approximate surface area is 99.6 Å². The molecule has 0 bridgehead atoms. The van der Waals surface area contributed by atoms with E-state index in [9.17, 15) is 4.79 Å². The molecule has 0 spiro atoms. The molecule has 1 unspecified atom stereocenters. The number of carbonyl (C=O) groups is 1. The van der Waals surface area contributed by atoms with Crippen LogP contribution in [0.4, 0.5) is 0 Å². The molecule has 0 amide bonds. The molecule has 0 heterocycles. The summed E-state index contributed by atoms with van der Waals surface area (Å²) >= 11 is 0. The van der Waals surface area contributed by atoms with Gasteiger partial charge in [0.05, 0.1) is 0 Å². The van der Waals surface area contributed by atoms with E-state index in [1.165, 1.54) is 0 Å². The zero-order valence-electron chi connectivity index (χ0n) is 10.8. The van der Waals surface area contributed by atoms with Crippen molar-refractivity contribution in [1.29, 1.82) is 0 Å². The molecule has 0 aromatic carbocycles. The zero-order valence-corrected chi connectivity index (χ0v) is 10.8. The maximum Gasteiger partial charge on any atom is 0.139 e. The van der Waals surface area contributed by atoms with Gasteiger partial charge in [0.25, 0.3) is 0 Å². The maximum atomic E-state index is 12.1. The Kier molecular flexibility index (Phi) is 4.98. The summed E-state index contributed by atoms with van der Waals surface area (Å²) in [6.45, 7) is 6.30. The minimum absolute atomic E-state index is 0.209. The Balaban J connectivity index is 2.74. The normalized spacial score (nSPS) is 31.2. The van der Waals surface area contributed by atoms with Crippen molar-refractivity contribution in [3.63, 3.8) is 0 Å². The second-order valence-corrected chi connectivity index (χ2v) is 5.30. The van der Waals surface area contributed by atoms with Crippen molar-refractivity contribution in [2.45, 2.75) is 52.9 Å². The molecule has 1 rings (SSSR count). The van der Waals surface area contributed by atoms with Crippen LogP contribution in [0.2, 0.25) is 0 Å². The molecule has 1 atom stereocenters. The van der Waals surface area contributed by atoms with Crippen molar-refractivity contribution in [3.8, 4) is 0 Å². The number of Topliss-reactive ketones (excluding diaryl/α,β-unsaturated/α-hetero) is 1. The van der Waals surface area contributed by atoms with Gasteiger partial charge >= 0.3 is 0 Å². The summed E-state index contributed by atoms with van der Waals surface area (Å²) in [5.74, 6) is 0.738. The van der Waals surface area contributed by atoms with Crippen LogP contribution >= 0.6 is 0 Å². The fourth-order valence-corrected chi connectivity index (χ4v) is 1.93. The topological polar surface area (TPSA) is 17.1 Å². The van der Waals surface area contributed by atoms with Crippen LogP contribution in [0, 0.1) is 11.3 Å². The lowest BCUT2D eigenvalue weighted by molar-refractivity contribution is -0.128. The molecular weight excluding hydrogens is 196 g/mol. The van der Waals surface area contributed by atoms with Crippen LogP contribution in [-0.4, -0.2) is 5.78 Å². The van der Waals surface area contributed by atoms with Gasteiger partial charge in [0.15, 0.2) is 0 Å². The monoisotopic (exact) mass is 220 g/mol. The summed E-state index contributed by atoms with van der Waals surface area (Å²) in [5, 5.41) is 0.